The van der Waals surface area contributed by atoms with Crippen molar-refractivity contribution < 1.29 is 28.7 Å². The summed E-state index contributed by atoms with van der Waals surface area (Å²) in [5.74, 6) is -1.78. The first kappa shape index (κ1) is 31.9. The zero-order valence-corrected chi connectivity index (χ0v) is 24.8. The Bertz CT molecular complexity index is 1240. The summed E-state index contributed by atoms with van der Waals surface area (Å²) in [7, 11) is 0. The van der Waals surface area contributed by atoms with Gasteiger partial charge in [-0.3, -0.25) is 19.7 Å². The largest absolute Gasteiger partial charge is 0.448 e. The molecule has 0 spiro atoms. The number of likely N-dealkylation sites (tertiary alicyclic amines) is 1. The lowest BCUT2D eigenvalue weighted by Crippen LogP contribution is -2.56. The Kier molecular flexibility index (Phi) is 10.8. The highest BCUT2D eigenvalue weighted by Gasteiger charge is 2.45. The van der Waals surface area contributed by atoms with E-state index in [4.69, 9.17) is 26.8 Å². The number of nitrogens with two attached hydrogens (primary N) is 1. The van der Waals surface area contributed by atoms with Crippen LogP contribution in [0.15, 0.2) is 48.5 Å². The van der Waals surface area contributed by atoms with Crippen LogP contribution in [0, 0.1) is 5.41 Å². The quantitative estimate of drug-likeness (QED) is 0.359. The van der Waals surface area contributed by atoms with Crippen molar-refractivity contribution in [2.75, 3.05) is 25.0 Å². The molecule has 1 unspecified atom stereocenters. The normalized spacial score (nSPS) is 15.5. The highest BCUT2D eigenvalue weighted by Crippen LogP contribution is 2.33. The lowest BCUT2D eigenvalue weighted by molar-refractivity contribution is -0.163. The maximum atomic E-state index is 13.6. The van der Waals surface area contributed by atoms with Crippen LogP contribution in [0.1, 0.15) is 51.7 Å². The van der Waals surface area contributed by atoms with E-state index in [0.29, 0.717) is 10.7 Å². The third kappa shape index (κ3) is 8.93. The standard InChI is InChI=1S/C30H39ClN4O6/c1-5-20-10-12-22(13-11-20)34-28(39)40-19-30(27(38)33-18-21-8-6-7-9-23(21)31)14-16-35(17-15-30)26(37)24(25(32)36)41-29(2,3)4/h6-13,24H,5,14-19H2,1-4H3,(H2,32,36)(H,33,38)(H,34,39). The minimum absolute atomic E-state index is 0.138. The van der Waals surface area contributed by atoms with Crippen LogP contribution in [-0.4, -0.2) is 60.1 Å². The van der Waals surface area contributed by atoms with Gasteiger partial charge in [0, 0.05) is 30.3 Å². The van der Waals surface area contributed by atoms with E-state index in [1.165, 1.54) is 4.90 Å². The number of piperidine rings is 1. The molecule has 0 aromatic heterocycles. The van der Waals surface area contributed by atoms with Crippen molar-refractivity contribution in [1.29, 1.82) is 0 Å². The maximum absolute atomic E-state index is 13.6. The monoisotopic (exact) mass is 586 g/mol. The van der Waals surface area contributed by atoms with Crippen molar-refractivity contribution in [3.63, 3.8) is 0 Å². The number of carbonyl (C=O) groups is 4. The molecule has 1 aliphatic heterocycles. The van der Waals surface area contributed by atoms with Crippen molar-refractivity contribution in [2.45, 2.75) is 65.2 Å². The molecule has 1 saturated heterocycles. The van der Waals surface area contributed by atoms with Gasteiger partial charge in [-0.05, 0) is 69.4 Å². The first-order chi connectivity index (χ1) is 19.3. The average Bonchev–Trinajstić information content (AvgIpc) is 2.94. The van der Waals surface area contributed by atoms with Gasteiger partial charge in [0.15, 0.2) is 0 Å². The Morgan fingerprint density at radius 2 is 1.68 bits per heavy atom. The summed E-state index contributed by atoms with van der Waals surface area (Å²) in [5, 5.41) is 6.12. The van der Waals surface area contributed by atoms with Gasteiger partial charge in [0.1, 0.15) is 6.61 Å². The number of benzene rings is 2. The van der Waals surface area contributed by atoms with Gasteiger partial charge in [-0.25, -0.2) is 4.79 Å². The zero-order chi connectivity index (χ0) is 30.2. The Hall–Kier alpha value is -3.63. The van der Waals surface area contributed by atoms with Crippen LogP contribution in [0.5, 0.6) is 0 Å². The molecule has 0 bridgehead atoms. The molecule has 41 heavy (non-hydrogen) atoms. The number of carbonyl (C=O) groups excluding carboxylic acids is 4. The molecule has 0 saturated carbocycles. The second-order valence-electron chi connectivity index (χ2n) is 11.1. The zero-order valence-electron chi connectivity index (χ0n) is 24.0. The molecule has 10 nitrogen and oxygen atoms in total. The summed E-state index contributed by atoms with van der Waals surface area (Å²) in [4.78, 5) is 52.9. The smallest absolute Gasteiger partial charge is 0.411 e. The molecule has 0 radical (unpaired) electrons. The maximum Gasteiger partial charge on any atom is 0.411 e. The van der Waals surface area contributed by atoms with Gasteiger partial charge in [-0.15, -0.1) is 0 Å². The van der Waals surface area contributed by atoms with E-state index in [1.54, 1.807) is 45.0 Å². The van der Waals surface area contributed by atoms with Crippen molar-refractivity contribution in [3.8, 4) is 0 Å². The number of anilines is 1. The Balaban J connectivity index is 1.72. The van der Waals surface area contributed by atoms with E-state index < -0.39 is 35.0 Å². The van der Waals surface area contributed by atoms with Crippen molar-refractivity contribution >= 4 is 41.1 Å². The fourth-order valence-electron chi connectivity index (χ4n) is 4.53. The SMILES string of the molecule is CCc1ccc(NC(=O)OCC2(C(=O)NCc3ccccc3Cl)CCN(C(=O)C(OC(C)(C)C)C(N)=O)CC2)cc1. The molecule has 1 heterocycles. The Morgan fingerprint density at radius 1 is 1.05 bits per heavy atom. The third-order valence-corrected chi connectivity index (χ3v) is 7.32. The second-order valence-corrected chi connectivity index (χ2v) is 11.6. The number of aryl methyl sites for hydroxylation is 1. The fraction of sp³-hybridized carbons (Fsp3) is 0.467. The van der Waals surface area contributed by atoms with Gasteiger partial charge in [-0.2, -0.15) is 0 Å². The molecule has 2 aromatic rings. The summed E-state index contributed by atoms with van der Waals surface area (Å²) >= 11 is 6.26. The van der Waals surface area contributed by atoms with E-state index in [1.807, 2.05) is 31.2 Å². The van der Waals surface area contributed by atoms with Gasteiger partial charge in [0.25, 0.3) is 11.8 Å². The van der Waals surface area contributed by atoms with Crippen LogP contribution in [0.25, 0.3) is 0 Å². The Morgan fingerprint density at radius 3 is 2.24 bits per heavy atom. The van der Waals surface area contributed by atoms with Gasteiger partial charge in [0.2, 0.25) is 12.0 Å². The highest BCUT2D eigenvalue weighted by molar-refractivity contribution is 6.31. The predicted molar refractivity (Wildman–Crippen MR) is 156 cm³/mol. The minimum Gasteiger partial charge on any atom is -0.448 e. The molecule has 1 fully saturated rings. The molecular formula is C30H39ClN4O6. The molecule has 4 amide bonds. The molecule has 1 atom stereocenters. The number of nitrogens with zero attached hydrogens (tertiary/aromatic N) is 1. The highest BCUT2D eigenvalue weighted by atomic mass is 35.5. The van der Waals surface area contributed by atoms with Crippen molar-refractivity contribution in [1.82, 2.24) is 10.2 Å². The molecule has 3 rings (SSSR count). The van der Waals surface area contributed by atoms with E-state index in [2.05, 4.69) is 10.6 Å². The number of rotatable bonds is 10. The van der Waals surface area contributed by atoms with Crippen LogP contribution < -0.4 is 16.4 Å². The number of hydrogen-bond acceptors (Lipinski definition) is 6. The van der Waals surface area contributed by atoms with Crippen LogP contribution >= 0.6 is 11.6 Å². The van der Waals surface area contributed by atoms with Gasteiger partial charge < -0.3 is 25.4 Å². The number of nitrogens with one attached hydrogen (secondary N) is 2. The van der Waals surface area contributed by atoms with Crippen LogP contribution in [0.2, 0.25) is 5.02 Å². The molecular weight excluding hydrogens is 548 g/mol. The molecule has 1 aliphatic rings. The van der Waals surface area contributed by atoms with Gasteiger partial charge >= 0.3 is 6.09 Å². The molecule has 4 N–H and O–H groups in total. The number of amides is 4. The number of ether oxygens (including phenoxy) is 2. The third-order valence-electron chi connectivity index (χ3n) is 6.95. The number of primary amides is 1. The first-order valence-electron chi connectivity index (χ1n) is 13.6. The van der Waals surface area contributed by atoms with Crippen molar-refractivity contribution in [3.05, 3.63) is 64.7 Å². The van der Waals surface area contributed by atoms with Crippen LogP contribution in [0.3, 0.4) is 0 Å². The first-order valence-corrected chi connectivity index (χ1v) is 14.0. The van der Waals surface area contributed by atoms with Crippen molar-refractivity contribution in [2.24, 2.45) is 11.1 Å². The van der Waals surface area contributed by atoms with Gasteiger partial charge in [0.05, 0.1) is 11.0 Å². The summed E-state index contributed by atoms with van der Waals surface area (Å²) in [6, 6.07) is 14.6. The van der Waals surface area contributed by atoms with Crippen LogP contribution in [0.4, 0.5) is 10.5 Å². The summed E-state index contributed by atoms with van der Waals surface area (Å²) in [5.41, 5.74) is 6.02. The molecule has 0 aliphatic carbocycles. The summed E-state index contributed by atoms with van der Waals surface area (Å²) in [6.45, 7) is 7.46. The predicted octanol–water partition coefficient (Wildman–Crippen LogP) is 4.05. The Labute approximate surface area is 245 Å². The number of halogens is 1. The van der Waals surface area contributed by atoms with E-state index in [0.717, 1.165) is 17.5 Å². The van der Waals surface area contributed by atoms with E-state index in [9.17, 15) is 19.2 Å². The summed E-state index contributed by atoms with van der Waals surface area (Å²) < 4.78 is 11.2. The van der Waals surface area contributed by atoms with E-state index >= 15 is 0 Å². The number of hydrogen-bond donors (Lipinski definition) is 3. The summed E-state index contributed by atoms with van der Waals surface area (Å²) in [6.07, 6.45) is -0.895. The topological polar surface area (TPSA) is 140 Å². The lowest BCUT2D eigenvalue weighted by Gasteiger charge is -2.41. The molecule has 11 heteroatoms. The lowest BCUT2D eigenvalue weighted by atomic mass is 9.78. The van der Waals surface area contributed by atoms with Crippen LogP contribution in [-0.2, 0) is 36.8 Å². The fourth-order valence-corrected chi connectivity index (χ4v) is 4.73. The minimum atomic E-state index is -1.45. The molecule has 2 aromatic carbocycles. The average molecular weight is 587 g/mol. The van der Waals surface area contributed by atoms with E-state index in [-0.39, 0.29) is 45.0 Å². The second kappa shape index (κ2) is 13.8. The molecule has 222 valence electrons. The van der Waals surface area contributed by atoms with Gasteiger partial charge in [-0.1, -0.05) is 48.9 Å².